The Balaban J connectivity index is 1.45. The van der Waals surface area contributed by atoms with Crippen LogP contribution in [0.1, 0.15) is 31.2 Å². The number of ether oxygens (including phenoxy) is 2. The fourth-order valence-corrected chi connectivity index (χ4v) is 3.85. The number of thiophene rings is 1. The maximum Gasteiger partial charge on any atom is 0.0741 e. The lowest BCUT2D eigenvalue weighted by atomic mass is 9.84. The van der Waals surface area contributed by atoms with Crippen LogP contribution in [-0.4, -0.2) is 38.0 Å². The van der Waals surface area contributed by atoms with Gasteiger partial charge in [0.15, 0.2) is 0 Å². The maximum absolute atomic E-state index is 6.07. The summed E-state index contributed by atoms with van der Waals surface area (Å²) < 4.78 is 11.5. The number of rotatable bonds is 4. The van der Waals surface area contributed by atoms with Gasteiger partial charge in [-0.2, -0.15) is 11.3 Å². The van der Waals surface area contributed by atoms with E-state index >= 15 is 0 Å². The van der Waals surface area contributed by atoms with Crippen LogP contribution in [0.2, 0.25) is 0 Å². The van der Waals surface area contributed by atoms with E-state index in [9.17, 15) is 0 Å². The number of nitrogens with one attached hydrogen (secondary N) is 1. The van der Waals surface area contributed by atoms with E-state index in [-0.39, 0.29) is 5.60 Å². The Bertz CT molecular complexity index is 368. The van der Waals surface area contributed by atoms with Crippen molar-refractivity contribution in [2.75, 3.05) is 26.4 Å². The standard InChI is InChI=1S/C15H23NO2S/c1(13-3-10-19-12-13)6-16-14-2-7-18-15(11-14)4-8-17-9-5-15/h3,10,12,14,16H,1-2,4-9,11H2. The fraction of sp³-hybridized carbons (Fsp3) is 0.733. The Labute approximate surface area is 119 Å². The molecule has 0 aromatic carbocycles. The van der Waals surface area contributed by atoms with Crippen molar-refractivity contribution in [2.24, 2.45) is 0 Å². The Hall–Kier alpha value is -0.420. The van der Waals surface area contributed by atoms with Gasteiger partial charge in [-0.15, -0.1) is 0 Å². The molecule has 0 aliphatic carbocycles. The van der Waals surface area contributed by atoms with Crippen LogP contribution in [0.5, 0.6) is 0 Å². The smallest absolute Gasteiger partial charge is 0.0741 e. The molecule has 1 aromatic heterocycles. The summed E-state index contributed by atoms with van der Waals surface area (Å²) in [6.45, 7) is 3.70. The molecule has 0 bridgehead atoms. The minimum atomic E-state index is 0.108. The summed E-state index contributed by atoms with van der Waals surface area (Å²) in [4.78, 5) is 0. The molecular weight excluding hydrogens is 258 g/mol. The number of hydrogen-bond donors (Lipinski definition) is 1. The summed E-state index contributed by atoms with van der Waals surface area (Å²) in [7, 11) is 0. The largest absolute Gasteiger partial charge is 0.381 e. The maximum atomic E-state index is 6.07. The quantitative estimate of drug-likeness (QED) is 0.920. The van der Waals surface area contributed by atoms with Crippen LogP contribution in [0.3, 0.4) is 0 Å². The predicted octanol–water partition coefficient (Wildman–Crippen LogP) is 2.61. The van der Waals surface area contributed by atoms with E-state index in [2.05, 4.69) is 22.1 Å². The zero-order valence-electron chi connectivity index (χ0n) is 11.4. The van der Waals surface area contributed by atoms with Gasteiger partial charge in [0, 0.05) is 25.9 Å². The molecule has 1 unspecified atom stereocenters. The van der Waals surface area contributed by atoms with E-state index in [4.69, 9.17) is 9.47 Å². The molecule has 3 heterocycles. The van der Waals surface area contributed by atoms with E-state index in [1.165, 1.54) is 5.56 Å². The third-order valence-electron chi connectivity index (χ3n) is 4.32. The average molecular weight is 281 g/mol. The lowest BCUT2D eigenvalue weighted by molar-refractivity contribution is -0.140. The van der Waals surface area contributed by atoms with Gasteiger partial charge in [0.2, 0.25) is 0 Å². The second kappa shape index (κ2) is 6.35. The highest BCUT2D eigenvalue weighted by atomic mass is 32.1. The van der Waals surface area contributed by atoms with E-state index < -0.39 is 0 Å². The van der Waals surface area contributed by atoms with E-state index in [1.807, 2.05) is 0 Å². The second-order valence-electron chi connectivity index (χ2n) is 5.67. The van der Waals surface area contributed by atoms with Gasteiger partial charge in [0.05, 0.1) is 5.60 Å². The normalized spacial score (nSPS) is 26.6. The molecule has 4 heteroatoms. The minimum Gasteiger partial charge on any atom is -0.381 e. The van der Waals surface area contributed by atoms with Gasteiger partial charge >= 0.3 is 0 Å². The first-order chi connectivity index (χ1) is 9.36. The zero-order chi connectivity index (χ0) is 13.0. The van der Waals surface area contributed by atoms with Gasteiger partial charge in [0.1, 0.15) is 0 Å². The highest BCUT2D eigenvalue weighted by Crippen LogP contribution is 2.34. The molecule has 0 radical (unpaired) electrons. The van der Waals surface area contributed by atoms with Gasteiger partial charge in [0.25, 0.3) is 0 Å². The topological polar surface area (TPSA) is 30.5 Å². The van der Waals surface area contributed by atoms with E-state index in [1.54, 1.807) is 11.3 Å². The molecule has 2 aliphatic rings. The average Bonchev–Trinajstić information content (AvgIpc) is 2.93. The molecule has 2 saturated heterocycles. The summed E-state index contributed by atoms with van der Waals surface area (Å²) in [5, 5.41) is 8.11. The molecule has 1 N–H and O–H groups in total. The van der Waals surface area contributed by atoms with Crippen LogP contribution >= 0.6 is 11.3 Å². The van der Waals surface area contributed by atoms with Crippen LogP contribution in [0.15, 0.2) is 16.8 Å². The van der Waals surface area contributed by atoms with Gasteiger partial charge in [-0.25, -0.2) is 0 Å². The van der Waals surface area contributed by atoms with Gasteiger partial charge in [-0.3, -0.25) is 0 Å². The molecule has 0 amide bonds. The molecule has 2 fully saturated rings. The van der Waals surface area contributed by atoms with Gasteiger partial charge in [-0.05, 0) is 61.0 Å². The van der Waals surface area contributed by atoms with Crippen molar-refractivity contribution in [3.8, 4) is 0 Å². The second-order valence-corrected chi connectivity index (χ2v) is 6.45. The first-order valence-electron chi connectivity index (χ1n) is 7.33. The number of hydrogen-bond acceptors (Lipinski definition) is 4. The molecule has 1 spiro atoms. The highest BCUT2D eigenvalue weighted by molar-refractivity contribution is 7.07. The summed E-state index contributed by atoms with van der Waals surface area (Å²) >= 11 is 1.78. The van der Waals surface area contributed by atoms with Crippen LogP contribution in [0, 0.1) is 0 Å². The molecule has 2 aliphatic heterocycles. The van der Waals surface area contributed by atoms with Crippen molar-refractivity contribution in [3.05, 3.63) is 22.4 Å². The van der Waals surface area contributed by atoms with Crippen molar-refractivity contribution < 1.29 is 9.47 Å². The lowest BCUT2D eigenvalue weighted by Gasteiger charge is -2.43. The molecule has 1 atom stereocenters. The van der Waals surface area contributed by atoms with E-state index in [0.29, 0.717) is 6.04 Å². The van der Waals surface area contributed by atoms with Crippen LogP contribution in [0.4, 0.5) is 0 Å². The van der Waals surface area contributed by atoms with Gasteiger partial charge < -0.3 is 14.8 Å². The Morgan fingerprint density at radius 1 is 1.32 bits per heavy atom. The van der Waals surface area contributed by atoms with Crippen molar-refractivity contribution >= 4 is 11.3 Å². The van der Waals surface area contributed by atoms with Crippen LogP contribution in [-0.2, 0) is 15.9 Å². The molecule has 3 nitrogen and oxygen atoms in total. The summed E-state index contributed by atoms with van der Waals surface area (Å²) in [5.41, 5.74) is 1.56. The monoisotopic (exact) mass is 281 g/mol. The molecule has 106 valence electrons. The summed E-state index contributed by atoms with van der Waals surface area (Å²) in [6.07, 6.45) is 5.56. The summed E-state index contributed by atoms with van der Waals surface area (Å²) in [6, 6.07) is 2.83. The summed E-state index contributed by atoms with van der Waals surface area (Å²) in [5.74, 6) is 0. The molecule has 3 rings (SSSR count). The predicted molar refractivity (Wildman–Crippen MR) is 77.8 cm³/mol. The van der Waals surface area contributed by atoms with E-state index in [0.717, 1.165) is 58.5 Å². The first-order valence-corrected chi connectivity index (χ1v) is 8.27. The zero-order valence-corrected chi connectivity index (χ0v) is 12.2. The lowest BCUT2D eigenvalue weighted by Crippen LogP contribution is -2.50. The Morgan fingerprint density at radius 3 is 3.00 bits per heavy atom. The van der Waals surface area contributed by atoms with Crippen LogP contribution < -0.4 is 5.32 Å². The first kappa shape index (κ1) is 13.6. The molecular formula is C15H23NO2S. The SMILES string of the molecule is c1cc(CCNC2CCOC3(CCOCC3)C2)cs1. The molecule has 19 heavy (non-hydrogen) atoms. The van der Waals surface area contributed by atoms with Crippen molar-refractivity contribution in [2.45, 2.75) is 43.7 Å². The van der Waals surface area contributed by atoms with Crippen molar-refractivity contribution in [1.29, 1.82) is 0 Å². The molecule has 1 aromatic rings. The van der Waals surface area contributed by atoms with Crippen molar-refractivity contribution in [3.63, 3.8) is 0 Å². The third-order valence-corrected chi connectivity index (χ3v) is 5.06. The highest BCUT2D eigenvalue weighted by Gasteiger charge is 2.38. The van der Waals surface area contributed by atoms with Crippen LogP contribution in [0.25, 0.3) is 0 Å². The minimum absolute atomic E-state index is 0.108. The van der Waals surface area contributed by atoms with Crippen molar-refractivity contribution in [1.82, 2.24) is 5.32 Å². The third kappa shape index (κ3) is 3.57. The molecule has 0 saturated carbocycles. The van der Waals surface area contributed by atoms with Gasteiger partial charge in [-0.1, -0.05) is 0 Å². The Morgan fingerprint density at radius 2 is 2.21 bits per heavy atom. The Kier molecular flexibility index (Phi) is 4.53. The fourth-order valence-electron chi connectivity index (χ4n) is 3.15.